The summed E-state index contributed by atoms with van der Waals surface area (Å²) in [7, 11) is 0. The number of aromatic nitrogens is 2. The largest absolute Gasteiger partial charge is 0.483 e. The van der Waals surface area contributed by atoms with Gasteiger partial charge >= 0.3 is 0 Å². The van der Waals surface area contributed by atoms with Crippen LogP contribution in [0.25, 0.3) is 0 Å². The lowest BCUT2D eigenvalue weighted by molar-refractivity contribution is 0.0817. The molecule has 0 aliphatic carbocycles. The third-order valence-corrected chi connectivity index (χ3v) is 4.54. The maximum Gasteiger partial charge on any atom is 0.284 e. The minimum atomic E-state index is -0.163. The average Bonchev–Trinajstić information content (AvgIpc) is 2.80. The van der Waals surface area contributed by atoms with E-state index in [1.807, 2.05) is 32.0 Å². The number of carbonyl (C=O) groups excluding carboxylic acids is 1. The van der Waals surface area contributed by atoms with E-state index < -0.39 is 0 Å². The highest BCUT2D eigenvalue weighted by molar-refractivity contribution is 9.10. The van der Waals surface area contributed by atoms with Crippen molar-refractivity contribution >= 4 is 21.8 Å². The topological polar surface area (TPSA) is 44.1 Å². The number of nitrogens with zero attached hydrogens (tertiary/aromatic N) is 2. The molecule has 0 fully saturated rings. The van der Waals surface area contributed by atoms with Crippen LogP contribution in [-0.2, 0) is 6.42 Å². The number of rotatable bonds is 5. The fraction of sp³-hybridized carbons (Fsp3) is 0.444. The summed E-state index contributed by atoms with van der Waals surface area (Å²) in [6, 6.07) is 5.90. The van der Waals surface area contributed by atoms with Crippen LogP contribution in [0.15, 0.2) is 22.7 Å². The normalized spacial score (nSPS) is 11.1. The van der Waals surface area contributed by atoms with Gasteiger partial charge in [0.15, 0.2) is 6.61 Å². The van der Waals surface area contributed by atoms with Crippen molar-refractivity contribution < 1.29 is 9.53 Å². The van der Waals surface area contributed by atoms with E-state index in [4.69, 9.17) is 4.74 Å². The van der Waals surface area contributed by atoms with E-state index in [1.165, 1.54) is 10.2 Å². The number of hydrogen-bond acceptors (Lipinski definition) is 3. The maximum absolute atomic E-state index is 12.4. The van der Waals surface area contributed by atoms with Crippen LogP contribution in [-0.4, -0.2) is 22.3 Å². The molecule has 0 aliphatic rings. The Labute approximate surface area is 146 Å². The molecule has 124 valence electrons. The molecule has 4 nitrogen and oxygen atoms in total. The Morgan fingerprint density at radius 2 is 2.04 bits per heavy atom. The predicted octanol–water partition coefficient (Wildman–Crippen LogP) is 4.67. The number of benzene rings is 1. The van der Waals surface area contributed by atoms with Gasteiger partial charge in [0.1, 0.15) is 5.75 Å². The van der Waals surface area contributed by atoms with Crippen molar-refractivity contribution in [2.45, 2.75) is 47.0 Å². The summed E-state index contributed by atoms with van der Waals surface area (Å²) in [4.78, 5) is 12.4. The molecule has 0 bridgehead atoms. The monoisotopic (exact) mass is 378 g/mol. The minimum absolute atomic E-state index is 0.0381. The Morgan fingerprint density at radius 3 is 2.57 bits per heavy atom. The van der Waals surface area contributed by atoms with Crippen molar-refractivity contribution in [1.82, 2.24) is 9.78 Å². The first kappa shape index (κ1) is 17.7. The molecule has 2 aromatic rings. The number of ether oxygens (including phenoxy) is 1. The first-order valence-electron chi connectivity index (χ1n) is 7.85. The van der Waals surface area contributed by atoms with Crippen LogP contribution in [0.1, 0.15) is 54.0 Å². The zero-order chi connectivity index (χ0) is 17.1. The van der Waals surface area contributed by atoms with E-state index in [0.717, 1.165) is 27.8 Å². The van der Waals surface area contributed by atoms with Crippen LogP contribution in [0, 0.1) is 13.8 Å². The van der Waals surface area contributed by atoms with Crippen LogP contribution in [0.3, 0.4) is 0 Å². The van der Waals surface area contributed by atoms with Crippen molar-refractivity contribution in [3.05, 3.63) is 45.2 Å². The Kier molecular flexibility index (Phi) is 5.63. The third kappa shape index (κ3) is 3.83. The molecule has 23 heavy (non-hydrogen) atoms. The van der Waals surface area contributed by atoms with E-state index in [0.29, 0.717) is 11.7 Å². The first-order valence-corrected chi connectivity index (χ1v) is 8.65. The zero-order valence-corrected chi connectivity index (χ0v) is 15.9. The molecule has 0 amide bonds. The average molecular weight is 379 g/mol. The number of carbonyl (C=O) groups is 1. The fourth-order valence-corrected chi connectivity index (χ4v) is 3.36. The molecule has 1 aromatic carbocycles. The molecule has 0 N–H and O–H groups in total. The van der Waals surface area contributed by atoms with Gasteiger partial charge in [-0.15, -0.1) is 0 Å². The van der Waals surface area contributed by atoms with Gasteiger partial charge in [-0.1, -0.05) is 26.8 Å². The summed E-state index contributed by atoms with van der Waals surface area (Å²) < 4.78 is 7.98. The lowest BCUT2D eigenvalue weighted by Gasteiger charge is -2.10. The van der Waals surface area contributed by atoms with Crippen LogP contribution in [0.5, 0.6) is 5.75 Å². The van der Waals surface area contributed by atoms with E-state index in [9.17, 15) is 4.79 Å². The van der Waals surface area contributed by atoms with Gasteiger partial charge in [-0.3, -0.25) is 4.79 Å². The molecule has 5 heteroatoms. The third-order valence-electron chi connectivity index (χ3n) is 3.92. The molecule has 1 aromatic heterocycles. The minimum Gasteiger partial charge on any atom is -0.483 e. The second-order valence-electron chi connectivity index (χ2n) is 5.95. The number of hydrogen-bond donors (Lipinski definition) is 0. The SMILES string of the molecule is CCc1ccc(OCC(=O)n2nc(C)c(C(C)C)c2C)c(Br)c1. The predicted molar refractivity (Wildman–Crippen MR) is 95.4 cm³/mol. The number of halogens is 1. The summed E-state index contributed by atoms with van der Waals surface area (Å²) >= 11 is 3.48. The van der Waals surface area contributed by atoms with E-state index in [1.54, 1.807) is 0 Å². The molecule has 0 unspecified atom stereocenters. The molecule has 0 radical (unpaired) electrons. The van der Waals surface area contributed by atoms with Gasteiger partial charge in [-0.05, 0) is 65.4 Å². The Hall–Kier alpha value is -1.62. The highest BCUT2D eigenvalue weighted by Gasteiger charge is 2.19. The quantitative estimate of drug-likeness (QED) is 0.759. The molecule has 1 heterocycles. The second kappa shape index (κ2) is 7.30. The van der Waals surface area contributed by atoms with Gasteiger partial charge in [0.25, 0.3) is 5.91 Å². The van der Waals surface area contributed by atoms with Gasteiger partial charge in [-0.25, -0.2) is 4.68 Å². The molecule has 0 saturated carbocycles. The summed E-state index contributed by atoms with van der Waals surface area (Å²) in [5.41, 5.74) is 4.15. The smallest absolute Gasteiger partial charge is 0.284 e. The molecular formula is C18H23BrN2O2. The van der Waals surface area contributed by atoms with Crippen LogP contribution < -0.4 is 4.74 Å². The van der Waals surface area contributed by atoms with E-state index in [2.05, 4.69) is 41.8 Å². The van der Waals surface area contributed by atoms with Crippen LogP contribution in [0.4, 0.5) is 0 Å². The molecule has 0 aliphatic heterocycles. The van der Waals surface area contributed by atoms with E-state index in [-0.39, 0.29) is 12.5 Å². The van der Waals surface area contributed by atoms with Crippen LogP contribution in [0.2, 0.25) is 0 Å². The van der Waals surface area contributed by atoms with Crippen molar-refractivity contribution in [1.29, 1.82) is 0 Å². The molecule has 0 atom stereocenters. The van der Waals surface area contributed by atoms with Crippen molar-refractivity contribution in [2.75, 3.05) is 6.61 Å². The lowest BCUT2D eigenvalue weighted by Crippen LogP contribution is -2.22. The zero-order valence-electron chi connectivity index (χ0n) is 14.3. The highest BCUT2D eigenvalue weighted by atomic mass is 79.9. The summed E-state index contributed by atoms with van der Waals surface area (Å²) in [5, 5.41) is 4.37. The highest BCUT2D eigenvalue weighted by Crippen LogP contribution is 2.26. The van der Waals surface area contributed by atoms with Gasteiger partial charge in [0.05, 0.1) is 10.2 Å². The van der Waals surface area contributed by atoms with Crippen molar-refractivity contribution in [3.8, 4) is 5.75 Å². The van der Waals surface area contributed by atoms with Crippen LogP contribution >= 0.6 is 15.9 Å². The first-order chi connectivity index (χ1) is 10.8. The molecule has 2 rings (SSSR count). The summed E-state index contributed by atoms with van der Waals surface area (Å²) in [6.45, 7) is 10.1. The van der Waals surface area contributed by atoms with Gasteiger partial charge < -0.3 is 4.74 Å². The molecule has 0 saturated heterocycles. The van der Waals surface area contributed by atoms with Gasteiger partial charge in [-0.2, -0.15) is 5.10 Å². The van der Waals surface area contributed by atoms with E-state index >= 15 is 0 Å². The van der Waals surface area contributed by atoms with Crippen molar-refractivity contribution in [2.24, 2.45) is 0 Å². The van der Waals surface area contributed by atoms with Gasteiger partial charge in [0, 0.05) is 5.69 Å². The van der Waals surface area contributed by atoms with Crippen molar-refractivity contribution in [3.63, 3.8) is 0 Å². The summed E-state index contributed by atoms with van der Waals surface area (Å²) in [5.74, 6) is 0.846. The van der Waals surface area contributed by atoms with Gasteiger partial charge in [0.2, 0.25) is 0 Å². The molecular weight excluding hydrogens is 356 g/mol. The summed E-state index contributed by atoms with van der Waals surface area (Å²) in [6.07, 6.45) is 0.960. The number of aryl methyl sites for hydroxylation is 2. The second-order valence-corrected chi connectivity index (χ2v) is 6.81. The lowest BCUT2D eigenvalue weighted by atomic mass is 10.0. The Morgan fingerprint density at radius 1 is 1.35 bits per heavy atom. The maximum atomic E-state index is 12.4. The standard InChI is InChI=1S/C18H23BrN2O2/c1-6-14-7-8-16(15(19)9-14)23-10-17(22)21-13(5)18(11(2)3)12(4)20-21/h7-9,11H,6,10H2,1-5H3. The molecule has 0 spiro atoms. The fourth-order valence-electron chi connectivity index (χ4n) is 2.82. The Balaban J connectivity index is 2.13. The Bertz CT molecular complexity index is 720.